The van der Waals surface area contributed by atoms with Gasteiger partial charge in [0.25, 0.3) is 5.91 Å². The number of benzene rings is 1. The van der Waals surface area contributed by atoms with Gasteiger partial charge in [0.2, 0.25) is 0 Å². The molecule has 2 atom stereocenters. The summed E-state index contributed by atoms with van der Waals surface area (Å²) in [6, 6.07) is 10.3. The Kier molecular flexibility index (Phi) is 6.00. The molecule has 2 aromatic rings. The Labute approximate surface area is 161 Å². The summed E-state index contributed by atoms with van der Waals surface area (Å²) >= 11 is 0. The van der Waals surface area contributed by atoms with Gasteiger partial charge >= 0.3 is 6.18 Å². The fourth-order valence-corrected chi connectivity index (χ4v) is 3.57. The molecule has 150 valence electrons. The fraction of sp³-hybridized carbons (Fsp3) is 0.400. The van der Waals surface area contributed by atoms with Crippen molar-refractivity contribution in [3.8, 4) is 0 Å². The van der Waals surface area contributed by atoms with Crippen LogP contribution in [-0.2, 0) is 6.61 Å². The van der Waals surface area contributed by atoms with Crippen molar-refractivity contribution in [3.63, 3.8) is 0 Å². The number of likely N-dealkylation sites (tertiary alicyclic amines) is 1. The van der Waals surface area contributed by atoms with Crippen molar-refractivity contribution in [2.45, 2.75) is 31.7 Å². The van der Waals surface area contributed by atoms with Crippen LogP contribution >= 0.6 is 0 Å². The Bertz CT molecular complexity index is 827. The van der Waals surface area contributed by atoms with Gasteiger partial charge in [-0.1, -0.05) is 30.3 Å². The summed E-state index contributed by atoms with van der Waals surface area (Å²) in [4.78, 5) is 18.0. The summed E-state index contributed by atoms with van der Waals surface area (Å²) < 4.78 is 38.5. The third-order valence-electron chi connectivity index (χ3n) is 4.96. The summed E-state index contributed by atoms with van der Waals surface area (Å²) in [5.41, 5.74) is 2.41. The predicted molar refractivity (Wildman–Crippen MR) is 97.8 cm³/mol. The molecule has 0 aliphatic carbocycles. The molecule has 0 bridgehead atoms. The number of aliphatic hydroxyl groups excluding tert-OH is 1. The van der Waals surface area contributed by atoms with Crippen molar-refractivity contribution in [3.05, 3.63) is 65.0 Å². The van der Waals surface area contributed by atoms with Crippen molar-refractivity contribution in [2.75, 3.05) is 19.6 Å². The van der Waals surface area contributed by atoms with Gasteiger partial charge in [0.1, 0.15) is 5.69 Å². The first-order chi connectivity index (χ1) is 13.3. The van der Waals surface area contributed by atoms with Gasteiger partial charge in [-0.2, -0.15) is 13.2 Å². The molecule has 0 unspecified atom stereocenters. The van der Waals surface area contributed by atoms with Gasteiger partial charge in [-0.25, -0.2) is 0 Å². The Morgan fingerprint density at radius 1 is 1.29 bits per heavy atom. The van der Waals surface area contributed by atoms with Gasteiger partial charge in [-0.05, 0) is 29.7 Å². The van der Waals surface area contributed by atoms with E-state index < -0.39 is 24.7 Å². The summed E-state index contributed by atoms with van der Waals surface area (Å²) in [5.74, 6) is -0.683. The fourth-order valence-electron chi connectivity index (χ4n) is 3.57. The van der Waals surface area contributed by atoms with E-state index in [4.69, 9.17) is 0 Å². The van der Waals surface area contributed by atoms with Crippen molar-refractivity contribution >= 4 is 5.91 Å². The van der Waals surface area contributed by atoms with E-state index in [1.165, 1.54) is 11.1 Å². The molecule has 1 aliphatic rings. The number of hydrogen-bond donors (Lipinski definition) is 2. The van der Waals surface area contributed by atoms with Crippen LogP contribution in [0.3, 0.4) is 0 Å². The molecule has 2 heterocycles. The van der Waals surface area contributed by atoms with Crippen LogP contribution in [0, 0.1) is 6.92 Å². The van der Waals surface area contributed by atoms with Crippen LogP contribution < -0.4 is 5.32 Å². The molecule has 1 aromatic carbocycles. The highest BCUT2D eigenvalue weighted by Crippen LogP contribution is 2.30. The zero-order valence-corrected chi connectivity index (χ0v) is 15.4. The molecule has 0 saturated carbocycles. The first kappa shape index (κ1) is 20.3. The van der Waals surface area contributed by atoms with Gasteiger partial charge in [0.05, 0.1) is 13.2 Å². The minimum atomic E-state index is -4.29. The highest BCUT2D eigenvalue weighted by Gasteiger charge is 2.40. The van der Waals surface area contributed by atoms with E-state index in [1.54, 1.807) is 13.0 Å². The molecule has 1 fully saturated rings. The lowest BCUT2D eigenvalue weighted by atomic mass is 9.94. The summed E-state index contributed by atoms with van der Waals surface area (Å²) in [6.45, 7) is 0.900. The highest BCUT2D eigenvalue weighted by atomic mass is 19.4. The Hall–Kier alpha value is -2.45. The summed E-state index contributed by atoms with van der Waals surface area (Å²) in [6.07, 6.45) is -2.86. The van der Waals surface area contributed by atoms with E-state index in [9.17, 15) is 23.1 Å². The number of rotatable bonds is 5. The number of pyridine rings is 1. The molecule has 8 heteroatoms. The molecular weight excluding hydrogens is 371 g/mol. The maximum atomic E-state index is 12.8. The number of nitrogens with zero attached hydrogens (tertiary/aromatic N) is 2. The van der Waals surface area contributed by atoms with Crippen LogP contribution in [0.5, 0.6) is 0 Å². The summed E-state index contributed by atoms with van der Waals surface area (Å²) in [7, 11) is 0. The predicted octanol–water partition coefficient (Wildman–Crippen LogP) is 2.64. The average molecular weight is 393 g/mol. The molecular formula is C20H22F3N3O2. The molecule has 0 spiro atoms. The van der Waals surface area contributed by atoms with Crippen molar-refractivity contribution in [2.24, 2.45) is 0 Å². The maximum absolute atomic E-state index is 12.8. The van der Waals surface area contributed by atoms with Crippen LogP contribution in [0.15, 0.2) is 42.6 Å². The van der Waals surface area contributed by atoms with Crippen LogP contribution in [0.1, 0.15) is 33.1 Å². The Balaban J connectivity index is 1.78. The van der Waals surface area contributed by atoms with Crippen molar-refractivity contribution in [1.82, 2.24) is 15.2 Å². The van der Waals surface area contributed by atoms with Crippen LogP contribution in [-0.4, -0.2) is 52.8 Å². The maximum Gasteiger partial charge on any atom is 0.401 e. The lowest BCUT2D eigenvalue weighted by Gasteiger charge is -2.20. The molecule has 1 aromatic heterocycles. The van der Waals surface area contributed by atoms with Crippen molar-refractivity contribution < 1.29 is 23.1 Å². The second-order valence-corrected chi connectivity index (χ2v) is 7.06. The molecule has 2 N–H and O–H groups in total. The monoisotopic (exact) mass is 393 g/mol. The number of alkyl halides is 3. The highest BCUT2D eigenvalue weighted by molar-refractivity contribution is 5.92. The topological polar surface area (TPSA) is 65.5 Å². The third-order valence-corrected chi connectivity index (χ3v) is 4.96. The second kappa shape index (κ2) is 8.28. The van der Waals surface area contributed by atoms with Crippen LogP contribution in [0.4, 0.5) is 13.2 Å². The normalized spacial score (nSPS) is 20.3. The van der Waals surface area contributed by atoms with Crippen LogP contribution in [0.2, 0.25) is 0 Å². The molecule has 3 rings (SSSR count). The zero-order valence-electron chi connectivity index (χ0n) is 15.4. The first-order valence-electron chi connectivity index (χ1n) is 8.98. The van der Waals surface area contributed by atoms with Gasteiger partial charge in [-0.15, -0.1) is 0 Å². The number of amides is 1. The zero-order chi connectivity index (χ0) is 20.3. The SMILES string of the molecule is Cc1cc(C(=O)N[C@@H]2CN(CC(F)(F)F)C[C@H]2c2ccccc2)ncc1CO. The molecule has 5 nitrogen and oxygen atoms in total. The van der Waals surface area contributed by atoms with Crippen molar-refractivity contribution in [1.29, 1.82) is 0 Å². The standard InChI is InChI=1S/C20H22F3N3O2/c1-13-7-17(24-8-15(13)11-27)19(28)25-18-10-26(12-20(21,22)23)9-16(18)14-5-3-2-4-6-14/h2-8,16,18,27H,9-12H2,1H3,(H,25,28)/t16-,18+/m0/s1. The molecule has 1 amide bonds. The summed E-state index contributed by atoms with van der Waals surface area (Å²) in [5, 5.41) is 12.1. The van der Waals surface area contributed by atoms with E-state index in [0.717, 1.165) is 11.1 Å². The van der Waals surface area contributed by atoms with E-state index in [2.05, 4.69) is 10.3 Å². The van der Waals surface area contributed by atoms with E-state index in [0.29, 0.717) is 5.56 Å². The van der Waals surface area contributed by atoms with E-state index >= 15 is 0 Å². The average Bonchev–Trinajstić information content (AvgIpc) is 3.02. The quantitative estimate of drug-likeness (QED) is 0.820. The second-order valence-electron chi connectivity index (χ2n) is 7.06. The number of nitrogens with one attached hydrogen (secondary N) is 1. The number of aryl methyl sites for hydroxylation is 1. The smallest absolute Gasteiger partial charge is 0.392 e. The number of carbonyl (C=O) groups excluding carboxylic acids is 1. The Morgan fingerprint density at radius 2 is 2.00 bits per heavy atom. The number of aromatic nitrogens is 1. The largest absolute Gasteiger partial charge is 0.401 e. The minimum Gasteiger partial charge on any atom is -0.392 e. The number of carbonyl (C=O) groups is 1. The van der Waals surface area contributed by atoms with Gasteiger partial charge in [0, 0.05) is 31.2 Å². The van der Waals surface area contributed by atoms with Crippen LogP contribution in [0.25, 0.3) is 0 Å². The lowest BCUT2D eigenvalue weighted by molar-refractivity contribution is -0.143. The molecule has 1 aliphatic heterocycles. The Morgan fingerprint density at radius 3 is 2.61 bits per heavy atom. The number of aliphatic hydroxyl groups is 1. The van der Waals surface area contributed by atoms with E-state index in [1.807, 2.05) is 30.3 Å². The third kappa shape index (κ3) is 4.88. The molecule has 1 saturated heterocycles. The number of halogens is 3. The molecule has 28 heavy (non-hydrogen) atoms. The van der Waals surface area contributed by atoms with Gasteiger partial charge in [0.15, 0.2) is 0 Å². The van der Waals surface area contributed by atoms with Gasteiger partial charge < -0.3 is 10.4 Å². The van der Waals surface area contributed by atoms with E-state index in [-0.39, 0.29) is 31.3 Å². The minimum absolute atomic E-state index is 0.110. The first-order valence-corrected chi connectivity index (χ1v) is 8.98. The molecule has 0 radical (unpaired) electrons. The lowest BCUT2D eigenvalue weighted by Crippen LogP contribution is -2.41. The van der Waals surface area contributed by atoms with Gasteiger partial charge in [-0.3, -0.25) is 14.7 Å². The number of hydrogen-bond acceptors (Lipinski definition) is 4.